The highest BCUT2D eigenvalue weighted by Gasteiger charge is 2.14. The van der Waals surface area contributed by atoms with Crippen LogP contribution in [-0.2, 0) is 0 Å². The van der Waals surface area contributed by atoms with Crippen LogP contribution in [-0.4, -0.2) is 22.1 Å². The Bertz CT molecular complexity index is 842. The number of carboxylic acids is 1. The summed E-state index contributed by atoms with van der Waals surface area (Å²) in [6, 6.07) is 9.85. The Balaban J connectivity index is 2.14. The van der Waals surface area contributed by atoms with Gasteiger partial charge in [-0.3, -0.25) is 10.1 Å². The van der Waals surface area contributed by atoms with Gasteiger partial charge >= 0.3 is 5.97 Å². The first-order valence-corrected chi connectivity index (χ1v) is 8.56. The minimum absolute atomic E-state index is 0.0561. The van der Waals surface area contributed by atoms with Crippen molar-refractivity contribution < 1.29 is 14.7 Å². The molecule has 0 unspecified atom stereocenters. The molecule has 0 aliphatic rings. The molecule has 0 saturated heterocycles. The number of halogens is 2. The number of thiocarbonyl (C=S) groups is 1. The molecule has 1 amide bonds. The number of carbonyl (C=O) groups excluding carboxylic acids is 1. The molecule has 0 bridgehead atoms. The normalized spacial score (nSPS) is 10.1. The van der Waals surface area contributed by atoms with Gasteiger partial charge in [0, 0.05) is 9.26 Å². The van der Waals surface area contributed by atoms with Crippen LogP contribution in [0.5, 0.6) is 0 Å². The second kappa shape index (κ2) is 7.91. The topological polar surface area (TPSA) is 78.4 Å². The number of carbonyl (C=O) groups is 2. The summed E-state index contributed by atoms with van der Waals surface area (Å²) >= 11 is 13.2. The summed E-state index contributed by atoms with van der Waals surface area (Å²) in [5.41, 5.74) is 1.50. The summed E-state index contributed by atoms with van der Waals surface area (Å²) in [4.78, 5) is 23.4. The molecule has 2 aromatic carbocycles. The molecule has 24 heavy (non-hydrogen) atoms. The fraction of sp³-hybridized carbons (Fsp3) is 0.0625. The van der Waals surface area contributed by atoms with Gasteiger partial charge in [-0.05, 0) is 77.6 Å². The van der Waals surface area contributed by atoms with Gasteiger partial charge in [0.05, 0.1) is 16.1 Å². The maximum Gasteiger partial charge on any atom is 0.336 e. The van der Waals surface area contributed by atoms with Crippen molar-refractivity contribution in [1.29, 1.82) is 0 Å². The van der Waals surface area contributed by atoms with E-state index in [-0.39, 0.29) is 10.7 Å². The van der Waals surface area contributed by atoms with Crippen molar-refractivity contribution in [1.82, 2.24) is 5.32 Å². The van der Waals surface area contributed by atoms with Gasteiger partial charge in [0.2, 0.25) is 0 Å². The standard InChI is InChI=1S/C16H12ClIN2O3S/c1-8-10(15(22)23)3-2-4-13(8)19-16(24)20-14(21)11-7-9(18)5-6-12(11)17/h2-7H,1H3,(H,22,23)(H2,19,20,21,24). The van der Waals surface area contributed by atoms with E-state index in [1.165, 1.54) is 6.07 Å². The Morgan fingerprint density at radius 1 is 1.21 bits per heavy atom. The van der Waals surface area contributed by atoms with Crippen molar-refractivity contribution in [3.8, 4) is 0 Å². The minimum atomic E-state index is -1.03. The average Bonchev–Trinajstić information content (AvgIpc) is 2.51. The first-order valence-electron chi connectivity index (χ1n) is 6.70. The third kappa shape index (κ3) is 4.43. The van der Waals surface area contributed by atoms with E-state index < -0.39 is 11.9 Å². The van der Waals surface area contributed by atoms with Crippen molar-refractivity contribution in [2.45, 2.75) is 6.92 Å². The summed E-state index contributed by atoms with van der Waals surface area (Å²) in [6.07, 6.45) is 0. The van der Waals surface area contributed by atoms with Gasteiger partial charge in [-0.2, -0.15) is 0 Å². The number of carboxylic acid groups (broad SMARTS) is 1. The zero-order valence-corrected chi connectivity index (χ0v) is 16.1. The summed E-state index contributed by atoms with van der Waals surface area (Å²) in [7, 11) is 0. The molecule has 0 aliphatic carbocycles. The van der Waals surface area contributed by atoms with Crippen molar-refractivity contribution in [3.63, 3.8) is 0 Å². The highest BCUT2D eigenvalue weighted by atomic mass is 127. The minimum Gasteiger partial charge on any atom is -0.478 e. The van der Waals surface area contributed by atoms with E-state index in [0.717, 1.165) is 3.57 Å². The molecule has 0 radical (unpaired) electrons. The maximum absolute atomic E-state index is 12.3. The molecular weight excluding hydrogens is 463 g/mol. The number of rotatable bonds is 3. The van der Waals surface area contributed by atoms with Gasteiger partial charge in [-0.25, -0.2) is 4.79 Å². The Kier molecular flexibility index (Phi) is 6.14. The van der Waals surface area contributed by atoms with Gasteiger partial charge in [0.15, 0.2) is 5.11 Å². The number of amides is 1. The summed E-state index contributed by atoms with van der Waals surface area (Å²) < 4.78 is 0.867. The first-order chi connectivity index (χ1) is 11.3. The second-order valence-corrected chi connectivity index (χ2v) is 6.88. The van der Waals surface area contributed by atoms with Gasteiger partial charge in [-0.15, -0.1) is 0 Å². The maximum atomic E-state index is 12.3. The van der Waals surface area contributed by atoms with E-state index in [9.17, 15) is 9.59 Å². The first kappa shape index (κ1) is 18.6. The summed E-state index contributed by atoms with van der Waals surface area (Å²) in [5, 5.41) is 14.9. The van der Waals surface area contributed by atoms with Crippen LogP contribution in [0.25, 0.3) is 0 Å². The van der Waals surface area contributed by atoms with Crippen LogP contribution >= 0.6 is 46.4 Å². The van der Waals surface area contributed by atoms with Crippen molar-refractivity contribution in [2.75, 3.05) is 5.32 Å². The van der Waals surface area contributed by atoms with E-state index in [4.69, 9.17) is 28.9 Å². The fourth-order valence-electron chi connectivity index (χ4n) is 2.00. The van der Waals surface area contributed by atoms with Gasteiger partial charge in [0.1, 0.15) is 0 Å². The van der Waals surface area contributed by atoms with E-state index in [1.54, 1.807) is 37.3 Å². The van der Waals surface area contributed by atoms with E-state index in [0.29, 0.717) is 21.8 Å². The number of aromatic carboxylic acids is 1. The van der Waals surface area contributed by atoms with Crippen molar-refractivity contribution in [2.24, 2.45) is 0 Å². The van der Waals surface area contributed by atoms with Crippen LogP contribution in [0.3, 0.4) is 0 Å². The molecule has 5 nitrogen and oxygen atoms in total. The van der Waals surface area contributed by atoms with Crippen LogP contribution in [0, 0.1) is 10.5 Å². The van der Waals surface area contributed by atoms with Crippen LogP contribution in [0.4, 0.5) is 5.69 Å². The number of anilines is 1. The molecule has 0 heterocycles. The highest BCUT2D eigenvalue weighted by Crippen LogP contribution is 2.20. The molecule has 0 aliphatic heterocycles. The van der Waals surface area contributed by atoms with Crippen molar-refractivity contribution in [3.05, 3.63) is 61.7 Å². The van der Waals surface area contributed by atoms with E-state index in [2.05, 4.69) is 33.2 Å². The lowest BCUT2D eigenvalue weighted by Crippen LogP contribution is -2.34. The Labute approximate surface area is 162 Å². The predicted octanol–water partition coefficient (Wildman–Crippen LogP) is 4.08. The van der Waals surface area contributed by atoms with Crippen LogP contribution < -0.4 is 10.6 Å². The number of hydrogen-bond acceptors (Lipinski definition) is 3. The molecule has 2 aromatic rings. The molecule has 3 N–H and O–H groups in total. The Hall–Kier alpha value is -1.71. The molecule has 8 heteroatoms. The third-order valence-electron chi connectivity index (χ3n) is 3.21. The monoisotopic (exact) mass is 474 g/mol. The smallest absolute Gasteiger partial charge is 0.336 e. The van der Waals surface area contributed by atoms with Gasteiger partial charge < -0.3 is 10.4 Å². The molecule has 0 aromatic heterocycles. The lowest BCUT2D eigenvalue weighted by Gasteiger charge is -2.13. The molecule has 2 rings (SSSR count). The predicted molar refractivity (Wildman–Crippen MR) is 106 cm³/mol. The highest BCUT2D eigenvalue weighted by molar-refractivity contribution is 14.1. The SMILES string of the molecule is Cc1c(NC(=S)NC(=O)c2cc(I)ccc2Cl)cccc1C(=O)O. The molecule has 0 atom stereocenters. The Morgan fingerprint density at radius 3 is 2.58 bits per heavy atom. The number of hydrogen-bond donors (Lipinski definition) is 3. The number of nitrogens with one attached hydrogen (secondary N) is 2. The van der Waals surface area contributed by atoms with Crippen molar-refractivity contribution >= 4 is 69.1 Å². The molecular formula is C16H12ClIN2O3S. The van der Waals surface area contributed by atoms with Crippen LogP contribution in [0.2, 0.25) is 5.02 Å². The summed E-state index contributed by atoms with van der Waals surface area (Å²) in [5.74, 6) is -1.47. The van der Waals surface area contributed by atoms with Crippen LogP contribution in [0.1, 0.15) is 26.3 Å². The van der Waals surface area contributed by atoms with Gasteiger partial charge in [-0.1, -0.05) is 17.7 Å². The summed E-state index contributed by atoms with van der Waals surface area (Å²) in [6.45, 7) is 1.66. The van der Waals surface area contributed by atoms with E-state index in [1.807, 2.05) is 0 Å². The van der Waals surface area contributed by atoms with Gasteiger partial charge in [0.25, 0.3) is 5.91 Å². The quantitative estimate of drug-likeness (QED) is 0.462. The molecule has 0 fully saturated rings. The fourth-order valence-corrected chi connectivity index (χ4v) is 2.90. The number of benzene rings is 2. The van der Waals surface area contributed by atoms with Crippen LogP contribution in [0.15, 0.2) is 36.4 Å². The molecule has 0 saturated carbocycles. The second-order valence-electron chi connectivity index (χ2n) is 4.82. The van der Waals surface area contributed by atoms with E-state index >= 15 is 0 Å². The molecule has 0 spiro atoms. The largest absolute Gasteiger partial charge is 0.478 e. The third-order valence-corrected chi connectivity index (χ3v) is 4.42. The average molecular weight is 475 g/mol. The Morgan fingerprint density at radius 2 is 1.92 bits per heavy atom. The lowest BCUT2D eigenvalue weighted by atomic mass is 10.1. The zero-order chi connectivity index (χ0) is 17.9. The molecule has 124 valence electrons. The lowest BCUT2D eigenvalue weighted by molar-refractivity contribution is 0.0696. The zero-order valence-electron chi connectivity index (χ0n) is 12.4.